The number of rotatable bonds is 5. The van der Waals surface area contributed by atoms with Crippen molar-refractivity contribution < 1.29 is 28.5 Å². The molecule has 7 heteroatoms. The van der Waals surface area contributed by atoms with E-state index in [2.05, 4.69) is 4.74 Å². The summed E-state index contributed by atoms with van der Waals surface area (Å²) in [5.41, 5.74) is -0.121. The third-order valence-corrected chi connectivity index (χ3v) is 2.65. The summed E-state index contributed by atoms with van der Waals surface area (Å²) in [6, 6.07) is 1.20. The smallest absolute Gasteiger partial charge is 0.339 e. The van der Waals surface area contributed by atoms with Gasteiger partial charge in [-0.3, -0.25) is 0 Å². The highest BCUT2D eigenvalue weighted by Gasteiger charge is 2.28. The van der Waals surface area contributed by atoms with E-state index in [1.54, 1.807) is 6.92 Å². The van der Waals surface area contributed by atoms with Gasteiger partial charge in [0.25, 0.3) is 0 Å². The Labute approximate surface area is 114 Å². The van der Waals surface area contributed by atoms with Crippen molar-refractivity contribution in [2.75, 3.05) is 20.8 Å². The quantitative estimate of drug-likeness (QED) is 0.842. The predicted octanol–water partition coefficient (Wildman–Crippen LogP) is 2.09. The summed E-state index contributed by atoms with van der Waals surface area (Å²) in [5.74, 6) is -2.35. The molecular weight excluding hydrogens is 279 g/mol. The van der Waals surface area contributed by atoms with Crippen LogP contribution in [0.3, 0.4) is 0 Å². The number of ether oxygens (including phenoxy) is 3. The van der Waals surface area contributed by atoms with Crippen molar-refractivity contribution in [1.29, 1.82) is 0 Å². The van der Waals surface area contributed by atoms with Crippen LogP contribution in [0.25, 0.3) is 0 Å². The number of carbonyl (C=O) groups is 1. The topological polar surface area (TPSA) is 65.0 Å². The van der Waals surface area contributed by atoms with E-state index in [1.807, 2.05) is 0 Å². The Bertz CT molecular complexity index is 478. The first-order chi connectivity index (χ1) is 8.97. The minimum atomic E-state index is -1.69. The molecule has 0 amide bonds. The molecule has 106 valence electrons. The van der Waals surface area contributed by atoms with E-state index in [-0.39, 0.29) is 28.7 Å². The third-order valence-electron chi connectivity index (χ3n) is 2.37. The minimum absolute atomic E-state index is 0.0841. The summed E-state index contributed by atoms with van der Waals surface area (Å²) < 4.78 is 28.3. The minimum Gasteiger partial charge on any atom is -0.493 e. The number of aliphatic hydroxyl groups is 1. The average molecular weight is 293 g/mol. The fraction of sp³-hybridized carbons (Fsp3) is 0.417. The van der Waals surface area contributed by atoms with Crippen molar-refractivity contribution in [3.8, 4) is 11.5 Å². The van der Waals surface area contributed by atoms with Crippen molar-refractivity contribution in [2.45, 2.75) is 13.0 Å². The summed E-state index contributed by atoms with van der Waals surface area (Å²) in [7, 11) is 2.44. The summed E-state index contributed by atoms with van der Waals surface area (Å²) >= 11 is 5.81. The molecule has 0 bridgehead atoms. The molecule has 1 unspecified atom stereocenters. The molecule has 5 nitrogen and oxygen atoms in total. The largest absolute Gasteiger partial charge is 0.493 e. The highest BCUT2D eigenvalue weighted by molar-refractivity contribution is 6.32. The zero-order valence-electron chi connectivity index (χ0n) is 10.7. The van der Waals surface area contributed by atoms with Gasteiger partial charge in [-0.2, -0.15) is 4.39 Å². The zero-order valence-corrected chi connectivity index (χ0v) is 11.5. The van der Waals surface area contributed by atoms with Gasteiger partial charge >= 0.3 is 5.97 Å². The van der Waals surface area contributed by atoms with Gasteiger partial charge < -0.3 is 19.3 Å². The lowest BCUT2D eigenvalue weighted by molar-refractivity contribution is -0.153. The molecule has 1 N–H and O–H groups in total. The van der Waals surface area contributed by atoms with Crippen LogP contribution in [0.5, 0.6) is 11.5 Å². The molecule has 0 aliphatic heterocycles. The summed E-state index contributed by atoms with van der Waals surface area (Å²) in [4.78, 5) is 11.5. The Morgan fingerprint density at radius 2 is 2.00 bits per heavy atom. The van der Waals surface area contributed by atoms with E-state index in [0.29, 0.717) is 0 Å². The maximum absolute atomic E-state index is 14.0. The van der Waals surface area contributed by atoms with Crippen molar-refractivity contribution in [1.82, 2.24) is 0 Å². The number of benzene rings is 1. The van der Waals surface area contributed by atoms with Gasteiger partial charge in [-0.15, -0.1) is 0 Å². The number of aliphatic hydroxyl groups excluding tert-OH is 1. The predicted molar refractivity (Wildman–Crippen MR) is 66.1 cm³/mol. The lowest BCUT2D eigenvalue weighted by Crippen LogP contribution is -2.17. The molecule has 0 heterocycles. The second kappa shape index (κ2) is 6.58. The molecule has 1 aromatic carbocycles. The maximum Gasteiger partial charge on any atom is 0.339 e. The molecule has 0 aliphatic rings. The number of halogens is 2. The van der Waals surface area contributed by atoms with Gasteiger partial charge in [0.15, 0.2) is 17.6 Å². The molecule has 0 aliphatic carbocycles. The molecule has 0 saturated carbocycles. The number of methoxy groups -OCH3 is 2. The first kappa shape index (κ1) is 15.5. The first-order valence-corrected chi connectivity index (χ1v) is 5.80. The number of hydrogen-bond donors (Lipinski definition) is 1. The molecule has 1 aromatic rings. The lowest BCUT2D eigenvalue weighted by atomic mass is 10.1. The van der Waals surface area contributed by atoms with E-state index in [0.717, 1.165) is 0 Å². The molecule has 19 heavy (non-hydrogen) atoms. The van der Waals surface area contributed by atoms with Gasteiger partial charge in [-0.05, 0) is 13.0 Å². The Balaban J connectivity index is 3.31. The van der Waals surface area contributed by atoms with E-state index in [9.17, 15) is 14.3 Å². The Hall–Kier alpha value is -1.53. The van der Waals surface area contributed by atoms with Crippen LogP contribution in [-0.2, 0) is 9.53 Å². The molecule has 1 atom stereocenters. The van der Waals surface area contributed by atoms with Crippen molar-refractivity contribution in [3.63, 3.8) is 0 Å². The van der Waals surface area contributed by atoms with Crippen LogP contribution in [0.4, 0.5) is 4.39 Å². The highest BCUT2D eigenvalue weighted by atomic mass is 35.5. The van der Waals surface area contributed by atoms with Crippen LogP contribution in [0, 0.1) is 5.82 Å². The Kier molecular flexibility index (Phi) is 5.38. The number of esters is 1. The van der Waals surface area contributed by atoms with Crippen LogP contribution in [-0.4, -0.2) is 31.9 Å². The second-order valence-electron chi connectivity index (χ2n) is 3.48. The van der Waals surface area contributed by atoms with E-state index >= 15 is 0 Å². The maximum atomic E-state index is 14.0. The zero-order chi connectivity index (χ0) is 14.6. The summed E-state index contributed by atoms with van der Waals surface area (Å²) in [6.07, 6.45) is -1.69. The molecule has 1 rings (SSSR count). The third kappa shape index (κ3) is 3.08. The monoisotopic (exact) mass is 292 g/mol. The van der Waals surface area contributed by atoms with Crippen molar-refractivity contribution in [2.24, 2.45) is 0 Å². The molecule has 0 saturated heterocycles. The van der Waals surface area contributed by atoms with Gasteiger partial charge in [0, 0.05) is 5.56 Å². The SMILES string of the molecule is CCOC(=O)C(O)c1cc(Cl)c(OC)c(F)c1OC. The van der Waals surface area contributed by atoms with Gasteiger partial charge in [0.1, 0.15) is 0 Å². The first-order valence-electron chi connectivity index (χ1n) is 5.42. The van der Waals surface area contributed by atoms with E-state index < -0.39 is 17.9 Å². The van der Waals surface area contributed by atoms with Crippen LogP contribution < -0.4 is 9.47 Å². The molecule has 0 radical (unpaired) electrons. The molecule has 0 fully saturated rings. The van der Waals surface area contributed by atoms with Gasteiger partial charge in [0.05, 0.1) is 25.8 Å². The van der Waals surface area contributed by atoms with Gasteiger partial charge in [-0.1, -0.05) is 11.6 Å². The van der Waals surface area contributed by atoms with Crippen LogP contribution >= 0.6 is 11.6 Å². The molecular formula is C12H14ClFO5. The van der Waals surface area contributed by atoms with Crippen molar-refractivity contribution in [3.05, 3.63) is 22.5 Å². The number of carbonyl (C=O) groups excluding carboxylic acids is 1. The lowest BCUT2D eigenvalue weighted by Gasteiger charge is -2.16. The molecule has 0 aromatic heterocycles. The fourth-order valence-corrected chi connectivity index (χ4v) is 1.83. The molecule has 0 spiro atoms. The Morgan fingerprint density at radius 3 is 2.47 bits per heavy atom. The highest BCUT2D eigenvalue weighted by Crippen LogP contribution is 2.39. The summed E-state index contributed by atoms with van der Waals surface area (Å²) in [5, 5.41) is 9.74. The average Bonchev–Trinajstić information content (AvgIpc) is 2.38. The van der Waals surface area contributed by atoms with E-state index in [1.165, 1.54) is 20.3 Å². The van der Waals surface area contributed by atoms with E-state index in [4.69, 9.17) is 21.1 Å². The van der Waals surface area contributed by atoms with Crippen LogP contribution in [0.2, 0.25) is 5.02 Å². The second-order valence-corrected chi connectivity index (χ2v) is 3.89. The van der Waals surface area contributed by atoms with Crippen LogP contribution in [0.15, 0.2) is 6.07 Å². The Morgan fingerprint density at radius 1 is 1.42 bits per heavy atom. The van der Waals surface area contributed by atoms with Gasteiger partial charge in [-0.25, -0.2) is 4.79 Å². The normalized spacial score (nSPS) is 11.9. The number of hydrogen-bond acceptors (Lipinski definition) is 5. The van der Waals surface area contributed by atoms with Crippen molar-refractivity contribution >= 4 is 17.6 Å². The van der Waals surface area contributed by atoms with Gasteiger partial charge in [0.2, 0.25) is 5.82 Å². The fourth-order valence-electron chi connectivity index (χ4n) is 1.55. The standard InChI is InChI=1S/C12H14ClFO5/c1-4-19-12(16)9(15)6-5-7(13)11(18-3)8(14)10(6)17-2/h5,9,15H,4H2,1-3H3. The summed E-state index contributed by atoms with van der Waals surface area (Å²) in [6.45, 7) is 1.67. The van der Waals surface area contributed by atoms with Crippen LogP contribution in [0.1, 0.15) is 18.6 Å².